The standard InChI is InChI=1S/C14H30O2Si/c1-9(2)15-17(11(5)6,16-10(3)4)14-12(7)13(14)8/h9-14H,1-8H3. The van der Waals surface area contributed by atoms with Crippen molar-refractivity contribution in [1.29, 1.82) is 0 Å². The smallest absolute Gasteiger partial charge is 0.345 e. The summed E-state index contributed by atoms with van der Waals surface area (Å²) >= 11 is 0. The van der Waals surface area contributed by atoms with Gasteiger partial charge in [0.15, 0.2) is 0 Å². The summed E-state index contributed by atoms with van der Waals surface area (Å²) in [7, 11) is -2.09. The monoisotopic (exact) mass is 258 g/mol. The van der Waals surface area contributed by atoms with Crippen LogP contribution in [0.25, 0.3) is 0 Å². The van der Waals surface area contributed by atoms with Gasteiger partial charge in [-0.3, -0.25) is 0 Å². The average molecular weight is 258 g/mol. The lowest BCUT2D eigenvalue weighted by Crippen LogP contribution is -2.50. The van der Waals surface area contributed by atoms with Crippen LogP contribution in [0.4, 0.5) is 0 Å². The van der Waals surface area contributed by atoms with Gasteiger partial charge in [0.1, 0.15) is 0 Å². The van der Waals surface area contributed by atoms with Gasteiger partial charge in [0, 0.05) is 17.7 Å². The van der Waals surface area contributed by atoms with Gasteiger partial charge in [0.25, 0.3) is 0 Å². The highest BCUT2D eigenvalue weighted by Gasteiger charge is 2.63. The maximum atomic E-state index is 6.39. The van der Waals surface area contributed by atoms with E-state index in [0.29, 0.717) is 11.1 Å². The summed E-state index contributed by atoms with van der Waals surface area (Å²) in [5.74, 6) is 1.53. The SMILES string of the molecule is CC(C)O[Si](OC(C)C)(C(C)C)C1C(C)C1C. The van der Waals surface area contributed by atoms with E-state index in [1.54, 1.807) is 0 Å². The molecule has 3 heteroatoms. The van der Waals surface area contributed by atoms with E-state index in [-0.39, 0.29) is 12.2 Å². The third kappa shape index (κ3) is 3.12. The summed E-state index contributed by atoms with van der Waals surface area (Å²) in [6.07, 6.45) is 0.533. The third-order valence-electron chi connectivity index (χ3n) is 3.93. The Balaban J connectivity index is 2.95. The molecular formula is C14H30O2Si. The van der Waals surface area contributed by atoms with Crippen molar-refractivity contribution < 1.29 is 8.85 Å². The first-order valence-corrected chi connectivity index (χ1v) is 9.05. The average Bonchev–Trinajstić information content (AvgIpc) is 2.71. The van der Waals surface area contributed by atoms with Crippen molar-refractivity contribution in [3.05, 3.63) is 0 Å². The summed E-state index contributed by atoms with van der Waals surface area (Å²) in [5, 5.41) is 0. The molecule has 0 amide bonds. The fraction of sp³-hybridized carbons (Fsp3) is 1.00. The number of hydrogen-bond donors (Lipinski definition) is 0. The first-order chi connectivity index (χ1) is 7.72. The Hall–Kier alpha value is 0.137. The van der Waals surface area contributed by atoms with Gasteiger partial charge in [0.05, 0.1) is 0 Å². The van der Waals surface area contributed by atoms with E-state index < -0.39 is 8.56 Å². The fourth-order valence-electron chi connectivity index (χ4n) is 2.97. The molecule has 0 aromatic rings. The predicted octanol–water partition coefficient (Wildman–Crippen LogP) is 4.34. The quantitative estimate of drug-likeness (QED) is 0.660. The Kier molecular flexibility index (Phi) is 4.84. The molecule has 0 heterocycles. The van der Waals surface area contributed by atoms with E-state index in [1.165, 1.54) is 0 Å². The maximum absolute atomic E-state index is 6.39. The maximum Gasteiger partial charge on any atom is 0.345 e. The van der Waals surface area contributed by atoms with Crippen LogP contribution >= 0.6 is 0 Å². The van der Waals surface area contributed by atoms with E-state index in [9.17, 15) is 0 Å². The van der Waals surface area contributed by atoms with Gasteiger partial charge in [-0.1, -0.05) is 27.7 Å². The lowest BCUT2D eigenvalue weighted by molar-refractivity contribution is 0.0956. The van der Waals surface area contributed by atoms with Crippen LogP contribution in [0.15, 0.2) is 0 Å². The molecule has 0 N–H and O–H groups in total. The Morgan fingerprint density at radius 1 is 0.765 bits per heavy atom. The molecule has 102 valence electrons. The summed E-state index contributed by atoms with van der Waals surface area (Å²) < 4.78 is 12.8. The molecule has 1 aliphatic rings. The minimum Gasteiger partial charge on any atom is -0.391 e. The van der Waals surface area contributed by atoms with Gasteiger partial charge in [0.2, 0.25) is 0 Å². The molecule has 2 unspecified atom stereocenters. The van der Waals surface area contributed by atoms with Crippen LogP contribution in [0.5, 0.6) is 0 Å². The van der Waals surface area contributed by atoms with Gasteiger partial charge < -0.3 is 8.85 Å². The highest BCUT2D eigenvalue weighted by molar-refractivity contribution is 6.71. The summed E-state index contributed by atoms with van der Waals surface area (Å²) in [6, 6.07) is 0. The van der Waals surface area contributed by atoms with Crippen molar-refractivity contribution >= 4 is 8.56 Å². The van der Waals surface area contributed by atoms with Crippen molar-refractivity contribution in [3.8, 4) is 0 Å². The second-order valence-corrected chi connectivity index (χ2v) is 10.2. The Morgan fingerprint density at radius 2 is 1.12 bits per heavy atom. The van der Waals surface area contributed by atoms with Crippen molar-refractivity contribution in [2.45, 2.75) is 78.7 Å². The topological polar surface area (TPSA) is 18.5 Å². The zero-order chi connectivity index (χ0) is 13.4. The van der Waals surface area contributed by atoms with Gasteiger partial charge in [-0.2, -0.15) is 0 Å². The zero-order valence-electron chi connectivity index (χ0n) is 12.8. The Labute approximate surface area is 108 Å². The van der Waals surface area contributed by atoms with Crippen molar-refractivity contribution in [2.24, 2.45) is 11.8 Å². The van der Waals surface area contributed by atoms with Crippen molar-refractivity contribution in [3.63, 3.8) is 0 Å². The summed E-state index contributed by atoms with van der Waals surface area (Å²) in [5.41, 5.74) is 1.19. The molecule has 1 rings (SSSR count). The van der Waals surface area contributed by atoms with Crippen LogP contribution in [-0.4, -0.2) is 20.8 Å². The Morgan fingerprint density at radius 3 is 1.29 bits per heavy atom. The number of hydrogen-bond acceptors (Lipinski definition) is 2. The van der Waals surface area contributed by atoms with Crippen LogP contribution in [0.2, 0.25) is 11.1 Å². The minimum absolute atomic E-state index is 0.266. The second-order valence-electron chi connectivity index (χ2n) is 6.45. The van der Waals surface area contributed by atoms with Crippen LogP contribution < -0.4 is 0 Å². The van der Waals surface area contributed by atoms with Gasteiger partial charge in [-0.15, -0.1) is 0 Å². The number of rotatable bonds is 6. The van der Waals surface area contributed by atoms with Gasteiger partial charge in [-0.25, -0.2) is 0 Å². The molecule has 0 spiro atoms. The second kappa shape index (κ2) is 5.41. The van der Waals surface area contributed by atoms with Crippen LogP contribution in [0.3, 0.4) is 0 Å². The molecule has 2 nitrogen and oxygen atoms in total. The fourth-order valence-corrected chi connectivity index (χ4v) is 8.09. The molecule has 0 saturated heterocycles. The van der Waals surface area contributed by atoms with E-state index in [1.807, 2.05) is 0 Å². The van der Waals surface area contributed by atoms with Crippen LogP contribution in [0.1, 0.15) is 55.4 Å². The minimum atomic E-state index is -2.09. The molecule has 0 aliphatic heterocycles. The highest BCUT2D eigenvalue weighted by Crippen LogP contribution is 2.61. The molecule has 0 aromatic heterocycles. The lowest BCUT2D eigenvalue weighted by atomic mass is 10.4. The predicted molar refractivity (Wildman–Crippen MR) is 75.4 cm³/mol. The molecule has 0 radical (unpaired) electrons. The third-order valence-corrected chi connectivity index (χ3v) is 9.20. The first-order valence-electron chi connectivity index (χ1n) is 7.08. The molecule has 17 heavy (non-hydrogen) atoms. The highest BCUT2D eigenvalue weighted by atomic mass is 28.4. The Bertz CT molecular complexity index is 233. The molecule has 1 fully saturated rings. The normalized spacial score (nSPS) is 29.5. The molecule has 1 saturated carbocycles. The van der Waals surface area contributed by atoms with Gasteiger partial charge in [-0.05, 0) is 45.1 Å². The molecular weight excluding hydrogens is 228 g/mol. The van der Waals surface area contributed by atoms with Crippen LogP contribution in [-0.2, 0) is 8.85 Å². The zero-order valence-corrected chi connectivity index (χ0v) is 13.8. The van der Waals surface area contributed by atoms with Gasteiger partial charge >= 0.3 is 8.56 Å². The molecule has 0 bridgehead atoms. The molecule has 0 aromatic carbocycles. The van der Waals surface area contributed by atoms with E-state index in [2.05, 4.69) is 55.4 Å². The van der Waals surface area contributed by atoms with Crippen LogP contribution in [0, 0.1) is 11.8 Å². The largest absolute Gasteiger partial charge is 0.391 e. The van der Waals surface area contributed by atoms with Crippen molar-refractivity contribution in [2.75, 3.05) is 0 Å². The summed E-state index contributed by atoms with van der Waals surface area (Å²) in [6.45, 7) is 17.7. The molecule has 2 atom stereocenters. The molecule has 1 aliphatic carbocycles. The first kappa shape index (κ1) is 15.2. The van der Waals surface area contributed by atoms with Crippen molar-refractivity contribution in [1.82, 2.24) is 0 Å². The van der Waals surface area contributed by atoms with E-state index >= 15 is 0 Å². The van der Waals surface area contributed by atoms with E-state index in [0.717, 1.165) is 11.8 Å². The van der Waals surface area contributed by atoms with E-state index in [4.69, 9.17) is 8.85 Å². The summed E-state index contributed by atoms with van der Waals surface area (Å²) in [4.78, 5) is 0. The lowest BCUT2D eigenvalue weighted by Gasteiger charge is -2.38.